The summed E-state index contributed by atoms with van der Waals surface area (Å²) >= 11 is 5.91. The summed E-state index contributed by atoms with van der Waals surface area (Å²) in [4.78, 5) is 22.5. The maximum absolute atomic E-state index is 11.6. The molecule has 0 aromatic heterocycles. The lowest BCUT2D eigenvalue weighted by molar-refractivity contribution is 0.0297. The van der Waals surface area contributed by atoms with Crippen LogP contribution >= 0.6 is 11.6 Å². The topological polar surface area (TPSA) is 83.8 Å². The van der Waals surface area contributed by atoms with E-state index in [4.69, 9.17) is 21.4 Å². The molecule has 0 spiro atoms. The number of carbonyl (C=O) groups is 2. The first kappa shape index (κ1) is 11.7. The highest BCUT2D eigenvalue weighted by molar-refractivity contribution is 6.32. The number of aromatic carboxylic acids is 1. The van der Waals surface area contributed by atoms with Crippen LogP contribution in [-0.4, -0.2) is 28.3 Å². The average Bonchev–Trinajstić information content (AvgIpc) is 2.21. The Morgan fingerprint density at radius 3 is 2.82 bits per heavy atom. The zero-order chi connectivity index (χ0) is 12.7. The molecule has 2 rings (SSSR count). The first-order valence-corrected chi connectivity index (χ1v) is 5.28. The van der Waals surface area contributed by atoms with E-state index in [0.29, 0.717) is 12.0 Å². The molecule has 5 nitrogen and oxygen atoms in total. The number of carboxylic acid groups (broad SMARTS) is 1. The van der Waals surface area contributed by atoms with Gasteiger partial charge in [0.15, 0.2) is 0 Å². The second-order valence-corrected chi connectivity index (χ2v) is 4.24. The fourth-order valence-corrected chi connectivity index (χ4v) is 2.11. The molecule has 0 bridgehead atoms. The van der Waals surface area contributed by atoms with E-state index in [2.05, 4.69) is 0 Å². The Bertz CT molecular complexity index is 523. The van der Waals surface area contributed by atoms with Crippen LogP contribution < -0.4 is 0 Å². The van der Waals surface area contributed by atoms with Gasteiger partial charge in [-0.2, -0.15) is 0 Å². The summed E-state index contributed by atoms with van der Waals surface area (Å²) in [6.45, 7) is 1.69. The van der Waals surface area contributed by atoms with Crippen molar-refractivity contribution in [2.24, 2.45) is 0 Å². The van der Waals surface area contributed by atoms with Crippen molar-refractivity contribution < 1.29 is 24.5 Å². The van der Waals surface area contributed by atoms with Crippen molar-refractivity contribution in [3.8, 4) is 5.75 Å². The van der Waals surface area contributed by atoms with Crippen LogP contribution in [0.3, 0.4) is 0 Å². The summed E-state index contributed by atoms with van der Waals surface area (Å²) in [6, 6.07) is 1.14. The average molecular weight is 257 g/mol. The van der Waals surface area contributed by atoms with Gasteiger partial charge in [0.2, 0.25) is 0 Å². The molecular weight excluding hydrogens is 248 g/mol. The van der Waals surface area contributed by atoms with E-state index in [-0.39, 0.29) is 16.7 Å². The van der Waals surface area contributed by atoms with Crippen molar-refractivity contribution in [3.05, 3.63) is 27.8 Å². The predicted molar refractivity (Wildman–Crippen MR) is 58.7 cm³/mol. The fraction of sp³-hybridized carbons (Fsp3) is 0.273. The summed E-state index contributed by atoms with van der Waals surface area (Å²) in [6.07, 6.45) is 0.00969. The maximum Gasteiger partial charge on any atom is 0.342 e. The molecule has 6 heteroatoms. The number of cyclic esters (lactones) is 1. The minimum Gasteiger partial charge on any atom is -0.506 e. The number of hydrogen-bond acceptors (Lipinski definition) is 4. The summed E-state index contributed by atoms with van der Waals surface area (Å²) in [7, 11) is 0. The van der Waals surface area contributed by atoms with Crippen molar-refractivity contribution >= 4 is 23.5 Å². The number of carboxylic acids is 1. The number of rotatable bonds is 1. The highest BCUT2D eigenvalue weighted by Crippen LogP contribution is 2.36. The second kappa shape index (κ2) is 3.92. The van der Waals surface area contributed by atoms with Crippen LogP contribution in [0.15, 0.2) is 6.07 Å². The van der Waals surface area contributed by atoms with Gasteiger partial charge in [0.25, 0.3) is 0 Å². The van der Waals surface area contributed by atoms with Crippen LogP contribution in [0.1, 0.15) is 33.2 Å². The van der Waals surface area contributed by atoms with Crippen LogP contribution in [0.5, 0.6) is 5.75 Å². The molecule has 0 saturated carbocycles. The normalized spacial score (nSPS) is 18.5. The highest BCUT2D eigenvalue weighted by atomic mass is 35.5. The van der Waals surface area contributed by atoms with Gasteiger partial charge < -0.3 is 14.9 Å². The Hall–Kier alpha value is -1.75. The molecule has 1 aromatic carbocycles. The van der Waals surface area contributed by atoms with Crippen LogP contribution in [0.4, 0.5) is 0 Å². The molecule has 0 saturated heterocycles. The summed E-state index contributed by atoms with van der Waals surface area (Å²) in [5, 5.41) is 18.8. The number of esters is 1. The molecule has 2 N–H and O–H groups in total. The number of phenols is 1. The Balaban J connectivity index is 2.71. The van der Waals surface area contributed by atoms with E-state index in [1.807, 2.05) is 0 Å². The minimum atomic E-state index is -1.35. The Morgan fingerprint density at radius 1 is 1.59 bits per heavy atom. The van der Waals surface area contributed by atoms with E-state index >= 15 is 0 Å². The zero-order valence-electron chi connectivity index (χ0n) is 8.86. The number of hydrogen-bond donors (Lipinski definition) is 2. The molecule has 1 aliphatic rings. The van der Waals surface area contributed by atoms with Gasteiger partial charge >= 0.3 is 11.9 Å². The van der Waals surface area contributed by atoms with Crippen LogP contribution in [0.2, 0.25) is 5.02 Å². The molecule has 0 radical (unpaired) electrons. The third-order valence-corrected chi connectivity index (χ3v) is 2.92. The van der Waals surface area contributed by atoms with Gasteiger partial charge in [-0.25, -0.2) is 9.59 Å². The van der Waals surface area contributed by atoms with E-state index in [9.17, 15) is 14.7 Å². The largest absolute Gasteiger partial charge is 0.506 e. The zero-order valence-corrected chi connectivity index (χ0v) is 9.61. The molecular formula is C11H9ClO5. The van der Waals surface area contributed by atoms with Crippen molar-refractivity contribution in [2.45, 2.75) is 19.4 Å². The number of fused-ring (bicyclic) bond motifs is 1. The molecule has 1 unspecified atom stereocenters. The minimum absolute atomic E-state index is 0.145. The molecule has 1 aliphatic heterocycles. The lowest BCUT2D eigenvalue weighted by atomic mass is 9.95. The van der Waals surface area contributed by atoms with Crippen molar-refractivity contribution in [1.82, 2.24) is 0 Å². The summed E-state index contributed by atoms with van der Waals surface area (Å²) in [5.74, 6) is -2.69. The number of halogens is 1. The number of ether oxygens (including phenoxy) is 1. The van der Waals surface area contributed by atoms with Crippen molar-refractivity contribution in [1.29, 1.82) is 0 Å². The van der Waals surface area contributed by atoms with Gasteiger partial charge in [0, 0.05) is 11.4 Å². The smallest absolute Gasteiger partial charge is 0.342 e. The molecule has 0 fully saturated rings. The maximum atomic E-state index is 11.6. The van der Waals surface area contributed by atoms with E-state index in [0.717, 1.165) is 6.07 Å². The van der Waals surface area contributed by atoms with E-state index in [1.165, 1.54) is 0 Å². The van der Waals surface area contributed by atoms with Crippen LogP contribution in [0.25, 0.3) is 0 Å². The van der Waals surface area contributed by atoms with Crippen molar-refractivity contribution in [2.75, 3.05) is 0 Å². The number of benzene rings is 1. The number of aromatic hydroxyl groups is 1. The summed E-state index contributed by atoms with van der Waals surface area (Å²) in [5.41, 5.74) is -0.119. The van der Waals surface area contributed by atoms with Gasteiger partial charge in [0.05, 0.1) is 0 Å². The SMILES string of the molecule is CC1Cc2c(Cl)cc(C(=O)O)c(O)c2C(=O)O1. The first-order valence-electron chi connectivity index (χ1n) is 4.90. The van der Waals surface area contributed by atoms with Crippen molar-refractivity contribution in [3.63, 3.8) is 0 Å². The first-order chi connectivity index (χ1) is 7.91. The predicted octanol–water partition coefficient (Wildman–Crippen LogP) is 1.85. The molecule has 90 valence electrons. The lowest BCUT2D eigenvalue weighted by Crippen LogP contribution is -2.26. The van der Waals surface area contributed by atoms with Crippen LogP contribution in [-0.2, 0) is 11.2 Å². The third-order valence-electron chi connectivity index (χ3n) is 2.59. The van der Waals surface area contributed by atoms with Gasteiger partial charge in [-0.15, -0.1) is 0 Å². The quantitative estimate of drug-likeness (QED) is 0.749. The molecule has 1 aromatic rings. The standard InChI is InChI=1S/C11H9ClO5/c1-4-2-5-7(12)3-6(10(14)15)9(13)8(5)11(16)17-4/h3-4,13H,2H2,1H3,(H,14,15). The third kappa shape index (κ3) is 1.82. The Kier molecular flexibility index (Phi) is 2.71. The Morgan fingerprint density at radius 2 is 2.24 bits per heavy atom. The molecule has 17 heavy (non-hydrogen) atoms. The fourth-order valence-electron chi connectivity index (χ4n) is 1.83. The monoisotopic (exact) mass is 256 g/mol. The molecule has 0 amide bonds. The molecule has 1 heterocycles. The van der Waals surface area contributed by atoms with Gasteiger partial charge in [0.1, 0.15) is 23.0 Å². The second-order valence-electron chi connectivity index (χ2n) is 3.83. The van der Waals surface area contributed by atoms with E-state index < -0.39 is 23.3 Å². The van der Waals surface area contributed by atoms with Crippen LogP contribution in [0, 0.1) is 0 Å². The molecule has 1 atom stereocenters. The molecule has 0 aliphatic carbocycles. The van der Waals surface area contributed by atoms with Gasteiger partial charge in [-0.05, 0) is 18.6 Å². The lowest BCUT2D eigenvalue weighted by Gasteiger charge is -2.23. The summed E-state index contributed by atoms with van der Waals surface area (Å²) < 4.78 is 4.93. The highest BCUT2D eigenvalue weighted by Gasteiger charge is 2.31. The Labute approximate surface area is 102 Å². The van der Waals surface area contributed by atoms with E-state index in [1.54, 1.807) is 6.92 Å². The number of carbonyl (C=O) groups excluding carboxylic acids is 1. The van der Waals surface area contributed by atoms with Gasteiger partial charge in [-0.3, -0.25) is 0 Å². The van der Waals surface area contributed by atoms with Gasteiger partial charge in [-0.1, -0.05) is 11.6 Å².